The molecule has 6 nitrogen and oxygen atoms in total. The van der Waals surface area contributed by atoms with E-state index in [1.54, 1.807) is 7.05 Å². The molecule has 1 unspecified atom stereocenters. The fraction of sp³-hybridized carbons (Fsp3) is 0.909. The third-order valence-corrected chi connectivity index (χ3v) is 4.88. The molecule has 1 rings (SSSR count). The van der Waals surface area contributed by atoms with Gasteiger partial charge in [0.15, 0.2) is 5.96 Å². The first kappa shape index (κ1) is 20.3. The Morgan fingerprint density at radius 3 is 2.65 bits per heavy atom. The van der Waals surface area contributed by atoms with Crippen LogP contribution >= 0.6 is 35.7 Å². The van der Waals surface area contributed by atoms with E-state index in [4.69, 9.17) is 0 Å². The van der Waals surface area contributed by atoms with Crippen molar-refractivity contribution in [3.63, 3.8) is 0 Å². The highest BCUT2D eigenvalue weighted by Crippen LogP contribution is 2.25. The summed E-state index contributed by atoms with van der Waals surface area (Å²) in [5, 5.41) is 7.16. The largest absolute Gasteiger partial charge is 0.356 e. The topological polar surface area (TPSA) is 82.6 Å². The molecular weight excluding hydrogens is 411 g/mol. The highest BCUT2D eigenvalue weighted by atomic mass is 127. The molecule has 0 amide bonds. The maximum absolute atomic E-state index is 10.9. The van der Waals surface area contributed by atoms with Crippen LogP contribution in [0.1, 0.15) is 19.3 Å². The van der Waals surface area contributed by atoms with Crippen LogP contribution in [0.5, 0.6) is 0 Å². The van der Waals surface area contributed by atoms with E-state index in [2.05, 4.69) is 20.3 Å². The molecular formula is C11H25IN4O2S2. The van der Waals surface area contributed by atoms with Crippen molar-refractivity contribution in [3.05, 3.63) is 0 Å². The number of hydrogen-bond donors (Lipinski definition) is 3. The van der Waals surface area contributed by atoms with Crippen LogP contribution in [0.2, 0.25) is 0 Å². The zero-order valence-electron chi connectivity index (χ0n) is 12.0. The Morgan fingerprint density at radius 1 is 1.35 bits per heavy atom. The van der Waals surface area contributed by atoms with Gasteiger partial charge in [0.2, 0.25) is 10.0 Å². The fourth-order valence-electron chi connectivity index (χ4n) is 1.79. The minimum Gasteiger partial charge on any atom is -0.356 e. The first-order chi connectivity index (χ1) is 9.01. The van der Waals surface area contributed by atoms with E-state index < -0.39 is 10.0 Å². The molecule has 1 aliphatic heterocycles. The Bertz CT molecular complexity index is 384. The fourth-order valence-corrected chi connectivity index (χ4v) is 3.51. The molecule has 0 bridgehead atoms. The first-order valence-electron chi connectivity index (χ1n) is 6.52. The summed E-state index contributed by atoms with van der Waals surface area (Å²) < 4.78 is 24.2. The summed E-state index contributed by atoms with van der Waals surface area (Å²) in [7, 11) is -1.34. The standard InChI is InChI=1S/C11H24N4O2S2.HI/c1-12-11(14-9-10-5-3-8-18-10)13-6-4-7-15-19(2,16)17;/h10,15H,3-9H2,1-2H3,(H2,12,13,14);1H. The summed E-state index contributed by atoms with van der Waals surface area (Å²) in [5.41, 5.74) is 0. The van der Waals surface area contributed by atoms with Gasteiger partial charge in [0, 0.05) is 31.9 Å². The lowest BCUT2D eigenvalue weighted by atomic mass is 10.2. The SMILES string of the molecule is CN=C(NCCCNS(C)(=O)=O)NCC1CCCS1.I. The van der Waals surface area contributed by atoms with Crippen molar-refractivity contribution in [1.29, 1.82) is 0 Å². The second-order valence-corrected chi connectivity index (χ2v) is 7.78. The van der Waals surface area contributed by atoms with Crippen molar-refractivity contribution >= 4 is 51.7 Å². The molecule has 1 heterocycles. The highest BCUT2D eigenvalue weighted by Gasteiger charge is 2.15. The second-order valence-electron chi connectivity index (χ2n) is 4.53. The summed E-state index contributed by atoms with van der Waals surface area (Å²) in [6, 6.07) is 0. The van der Waals surface area contributed by atoms with Gasteiger partial charge in [0.25, 0.3) is 0 Å². The van der Waals surface area contributed by atoms with Gasteiger partial charge in [-0.05, 0) is 25.0 Å². The van der Waals surface area contributed by atoms with Crippen LogP contribution in [0.25, 0.3) is 0 Å². The third kappa shape index (κ3) is 10.1. The van der Waals surface area contributed by atoms with Gasteiger partial charge in [-0.15, -0.1) is 24.0 Å². The van der Waals surface area contributed by atoms with Crippen LogP contribution in [-0.2, 0) is 10.0 Å². The minimum absolute atomic E-state index is 0. The molecule has 1 fully saturated rings. The molecule has 1 atom stereocenters. The van der Waals surface area contributed by atoms with E-state index in [1.165, 1.54) is 24.9 Å². The summed E-state index contributed by atoms with van der Waals surface area (Å²) in [5.74, 6) is 2.04. The van der Waals surface area contributed by atoms with E-state index in [1.807, 2.05) is 11.8 Å². The third-order valence-electron chi connectivity index (χ3n) is 2.76. The molecule has 120 valence electrons. The number of halogens is 1. The van der Waals surface area contributed by atoms with Gasteiger partial charge in [-0.25, -0.2) is 13.1 Å². The highest BCUT2D eigenvalue weighted by molar-refractivity contribution is 14.0. The van der Waals surface area contributed by atoms with Crippen molar-refractivity contribution in [2.24, 2.45) is 4.99 Å². The van der Waals surface area contributed by atoms with Gasteiger partial charge < -0.3 is 10.6 Å². The molecule has 0 aromatic heterocycles. The van der Waals surface area contributed by atoms with Crippen LogP contribution in [0, 0.1) is 0 Å². The monoisotopic (exact) mass is 436 g/mol. The average molecular weight is 436 g/mol. The molecule has 20 heavy (non-hydrogen) atoms. The van der Waals surface area contributed by atoms with Gasteiger partial charge in [-0.1, -0.05) is 0 Å². The molecule has 1 aliphatic rings. The van der Waals surface area contributed by atoms with Crippen molar-refractivity contribution in [3.8, 4) is 0 Å². The van der Waals surface area contributed by atoms with Crippen LogP contribution in [0.15, 0.2) is 4.99 Å². The van der Waals surface area contributed by atoms with Gasteiger partial charge >= 0.3 is 0 Å². The Kier molecular flexibility index (Phi) is 11.1. The Hall–Kier alpha value is 0.260. The Labute approximate surface area is 143 Å². The summed E-state index contributed by atoms with van der Waals surface area (Å²) in [6.45, 7) is 2.08. The van der Waals surface area contributed by atoms with Gasteiger partial charge in [-0.2, -0.15) is 11.8 Å². The molecule has 0 aromatic carbocycles. The number of nitrogens with zero attached hydrogens (tertiary/aromatic N) is 1. The second kappa shape index (κ2) is 10.9. The zero-order valence-corrected chi connectivity index (χ0v) is 16.0. The summed E-state index contributed by atoms with van der Waals surface area (Å²) in [6.07, 6.45) is 4.47. The molecule has 0 radical (unpaired) electrons. The van der Waals surface area contributed by atoms with E-state index >= 15 is 0 Å². The van der Waals surface area contributed by atoms with Crippen molar-refractivity contribution in [1.82, 2.24) is 15.4 Å². The molecule has 1 saturated heterocycles. The van der Waals surface area contributed by atoms with Crippen LogP contribution in [-0.4, -0.2) is 58.3 Å². The smallest absolute Gasteiger partial charge is 0.208 e. The van der Waals surface area contributed by atoms with Gasteiger partial charge in [0.05, 0.1) is 6.26 Å². The first-order valence-corrected chi connectivity index (χ1v) is 9.46. The minimum atomic E-state index is -3.08. The van der Waals surface area contributed by atoms with Crippen LogP contribution in [0.3, 0.4) is 0 Å². The Balaban J connectivity index is 0.00000361. The molecule has 0 aliphatic carbocycles. The number of aliphatic imine (C=N–C) groups is 1. The number of nitrogens with one attached hydrogen (secondary N) is 3. The molecule has 3 N–H and O–H groups in total. The van der Waals surface area contributed by atoms with Gasteiger partial charge in [0.1, 0.15) is 0 Å². The Morgan fingerprint density at radius 2 is 2.10 bits per heavy atom. The number of hydrogen-bond acceptors (Lipinski definition) is 4. The maximum Gasteiger partial charge on any atom is 0.208 e. The number of guanidine groups is 1. The molecule has 0 aromatic rings. The van der Waals surface area contributed by atoms with E-state index in [0.717, 1.165) is 18.9 Å². The normalized spacial score (nSPS) is 19.5. The van der Waals surface area contributed by atoms with Crippen LogP contribution < -0.4 is 15.4 Å². The van der Waals surface area contributed by atoms with Crippen molar-refractivity contribution in [2.75, 3.05) is 38.7 Å². The lowest BCUT2D eigenvalue weighted by molar-refractivity contribution is 0.584. The number of rotatable bonds is 7. The average Bonchev–Trinajstić information content (AvgIpc) is 2.84. The maximum atomic E-state index is 10.9. The van der Waals surface area contributed by atoms with Crippen molar-refractivity contribution in [2.45, 2.75) is 24.5 Å². The van der Waals surface area contributed by atoms with E-state index in [-0.39, 0.29) is 24.0 Å². The quantitative estimate of drug-likeness (QED) is 0.236. The van der Waals surface area contributed by atoms with Gasteiger partial charge in [-0.3, -0.25) is 4.99 Å². The van der Waals surface area contributed by atoms with Crippen LogP contribution in [0.4, 0.5) is 0 Å². The predicted molar refractivity (Wildman–Crippen MR) is 97.7 cm³/mol. The van der Waals surface area contributed by atoms with Crippen molar-refractivity contribution < 1.29 is 8.42 Å². The van der Waals surface area contributed by atoms with E-state index in [0.29, 0.717) is 18.3 Å². The summed E-state index contributed by atoms with van der Waals surface area (Å²) in [4.78, 5) is 4.14. The zero-order chi connectivity index (χ0) is 14.1. The lowest BCUT2D eigenvalue weighted by Crippen LogP contribution is -2.41. The molecule has 0 spiro atoms. The summed E-state index contributed by atoms with van der Waals surface area (Å²) >= 11 is 2.01. The molecule has 0 saturated carbocycles. The molecule has 9 heteroatoms. The number of thioether (sulfide) groups is 1. The lowest BCUT2D eigenvalue weighted by Gasteiger charge is -2.14. The predicted octanol–water partition coefficient (Wildman–Crippen LogP) is 0.604. The van der Waals surface area contributed by atoms with E-state index in [9.17, 15) is 8.42 Å². The number of sulfonamides is 1.